The summed E-state index contributed by atoms with van der Waals surface area (Å²) in [5, 5.41) is 8.81. The minimum atomic E-state index is -1.07. The van der Waals surface area contributed by atoms with Gasteiger partial charge in [-0.15, -0.1) is 0 Å². The Hall–Kier alpha value is -1.63. The fourth-order valence-electron chi connectivity index (χ4n) is 2.04. The summed E-state index contributed by atoms with van der Waals surface area (Å²) in [6.45, 7) is 0.672. The van der Waals surface area contributed by atoms with Gasteiger partial charge in [-0.1, -0.05) is 0 Å². The van der Waals surface area contributed by atoms with Crippen LogP contribution in [0, 0.1) is 5.92 Å². The summed E-state index contributed by atoms with van der Waals surface area (Å²) < 4.78 is 4.87. The topological polar surface area (TPSA) is 87.2 Å². The predicted molar refractivity (Wildman–Crippen MR) is 66.5 cm³/mol. The Kier molecular flexibility index (Phi) is 5.75. The number of nitrogens with zero attached hydrogens (tertiary/aromatic N) is 2. The van der Waals surface area contributed by atoms with Gasteiger partial charge in [0.05, 0.1) is 6.61 Å². The molecule has 1 aliphatic heterocycles. The second kappa shape index (κ2) is 7.08. The normalized spacial score (nSPS) is 19.4. The van der Waals surface area contributed by atoms with Crippen molar-refractivity contribution in [3.8, 4) is 0 Å². The molecule has 0 spiro atoms. The lowest BCUT2D eigenvalue weighted by atomic mass is 9.95. The van der Waals surface area contributed by atoms with E-state index in [1.54, 1.807) is 11.9 Å². The van der Waals surface area contributed by atoms with Gasteiger partial charge in [0.1, 0.15) is 6.54 Å². The van der Waals surface area contributed by atoms with Gasteiger partial charge < -0.3 is 19.6 Å². The first-order valence-electron chi connectivity index (χ1n) is 6.19. The lowest BCUT2D eigenvalue weighted by Crippen LogP contribution is -2.46. The molecule has 0 aliphatic carbocycles. The van der Waals surface area contributed by atoms with Crippen LogP contribution in [-0.2, 0) is 19.1 Å². The van der Waals surface area contributed by atoms with Gasteiger partial charge in [-0.05, 0) is 6.42 Å². The van der Waals surface area contributed by atoms with Crippen molar-refractivity contribution in [2.75, 3.05) is 40.4 Å². The van der Waals surface area contributed by atoms with Gasteiger partial charge in [0, 0.05) is 39.6 Å². The van der Waals surface area contributed by atoms with Crippen LogP contribution in [0.25, 0.3) is 0 Å². The molecular weight excluding hydrogens is 252 g/mol. The number of methoxy groups -OCH3 is 1. The first kappa shape index (κ1) is 15.4. The number of carbonyl (C=O) groups excluding carboxylic acids is 2. The van der Waals surface area contributed by atoms with Crippen molar-refractivity contribution in [1.82, 2.24) is 9.80 Å². The van der Waals surface area contributed by atoms with Gasteiger partial charge in [-0.25, -0.2) is 0 Å². The number of likely N-dealkylation sites (tertiary alicyclic amines) is 1. The largest absolute Gasteiger partial charge is 0.480 e. The van der Waals surface area contributed by atoms with E-state index < -0.39 is 11.9 Å². The van der Waals surface area contributed by atoms with E-state index in [9.17, 15) is 14.4 Å². The molecule has 2 amide bonds. The Morgan fingerprint density at radius 3 is 2.74 bits per heavy atom. The fourth-order valence-corrected chi connectivity index (χ4v) is 2.04. The number of hydrogen-bond donors (Lipinski definition) is 1. The van der Waals surface area contributed by atoms with Crippen molar-refractivity contribution < 1.29 is 24.2 Å². The second-order valence-electron chi connectivity index (χ2n) is 4.65. The molecule has 0 aromatic rings. The maximum Gasteiger partial charge on any atom is 0.323 e. The Morgan fingerprint density at radius 1 is 1.53 bits per heavy atom. The van der Waals surface area contributed by atoms with Gasteiger partial charge >= 0.3 is 5.97 Å². The average molecular weight is 272 g/mol. The maximum atomic E-state index is 12.2. The van der Waals surface area contributed by atoms with Crippen molar-refractivity contribution >= 4 is 17.8 Å². The molecule has 1 heterocycles. The molecule has 1 N–H and O–H groups in total. The van der Waals surface area contributed by atoms with Gasteiger partial charge in [0.2, 0.25) is 11.8 Å². The lowest BCUT2D eigenvalue weighted by molar-refractivity contribution is -0.149. The predicted octanol–water partition coefficient (Wildman–Crippen LogP) is -0.586. The zero-order chi connectivity index (χ0) is 14.4. The molecule has 0 bridgehead atoms. The fraction of sp³-hybridized carbons (Fsp3) is 0.750. The summed E-state index contributed by atoms with van der Waals surface area (Å²) in [5.41, 5.74) is 0. The van der Waals surface area contributed by atoms with E-state index >= 15 is 0 Å². The number of ether oxygens (including phenoxy) is 1. The zero-order valence-corrected chi connectivity index (χ0v) is 11.3. The molecule has 1 saturated heterocycles. The lowest BCUT2D eigenvalue weighted by Gasteiger charge is -2.31. The number of hydrogen-bond acceptors (Lipinski definition) is 4. The summed E-state index contributed by atoms with van der Waals surface area (Å²) in [7, 11) is 3.19. The van der Waals surface area contributed by atoms with Crippen LogP contribution in [0.4, 0.5) is 0 Å². The first-order chi connectivity index (χ1) is 8.95. The highest BCUT2D eigenvalue weighted by Gasteiger charge is 2.32. The van der Waals surface area contributed by atoms with Gasteiger partial charge in [0.15, 0.2) is 0 Å². The molecule has 1 rings (SSSR count). The monoisotopic (exact) mass is 272 g/mol. The zero-order valence-electron chi connectivity index (χ0n) is 11.3. The van der Waals surface area contributed by atoms with Crippen molar-refractivity contribution in [2.45, 2.75) is 12.8 Å². The third kappa shape index (κ3) is 4.51. The second-order valence-corrected chi connectivity index (χ2v) is 4.65. The number of aliphatic carboxylic acids is 1. The van der Waals surface area contributed by atoms with E-state index in [1.807, 2.05) is 0 Å². The van der Waals surface area contributed by atoms with Crippen LogP contribution in [-0.4, -0.2) is 73.1 Å². The maximum absolute atomic E-state index is 12.2. The minimum Gasteiger partial charge on any atom is -0.480 e. The molecule has 1 atom stereocenters. The van der Waals surface area contributed by atoms with E-state index in [-0.39, 0.29) is 37.9 Å². The van der Waals surface area contributed by atoms with Crippen molar-refractivity contribution in [3.63, 3.8) is 0 Å². The summed E-state index contributed by atoms with van der Waals surface area (Å²) in [4.78, 5) is 37.4. The highest BCUT2D eigenvalue weighted by atomic mass is 16.5. The van der Waals surface area contributed by atoms with Crippen molar-refractivity contribution in [2.24, 2.45) is 5.92 Å². The van der Waals surface area contributed by atoms with Crippen LogP contribution in [0.5, 0.6) is 0 Å². The molecule has 0 aromatic heterocycles. The Balaban J connectivity index is 2.64. The van der Waals surface area contributed by atoms with Gasteiger partial charge in [-0.2, -0.15) is 0 Å². The summed E-state index contributed by atoms with van der Waals surface area (Å²) in [5.74, 6) is -1.84. The van der Waals surface area contributed by atoms with Crippen molar-refractivity contribution in [3.05, 3.63) is 0 Å². The number of piperidine rings is 1. The number of rotatable bonds is 6. The van der Waals surface area contributed by atoms with Crippen LogP contribution in [0.2, 0.25) is 0 Å². The van der Waals surface area contributed by atoms with Crippen LogP contribution in [0.3, 0.4) is 0 Å². The van der Waals surface area contributed by atoms with E-state index in [1.165, 1.54) is 12.0 Å². The number of carboxylic acid groups (broad SMARTS) is 1. The van der Waals surface area contributed by atoms with E-state index in [0.717, 1.165) is 0 Å². The van der Waals surface area contributed by atoms with Gasteiger partial charge in [0.25, 0.3) is 0 Å². The van der Waals surface area contributed by atoms with E-state index in [4.69, 9.17) is 9.84 Å². The van der Waals surface area contributed by atoms with Crippen LogP contribution >= 0.6 is 0 Å². The standard InChI is InChI=1S/C12H20N2O5/c1-13-4-3-9(7-10(13)15)12(18)14(5-6-19-2)8-11(16)17/h9H,3-8H2,1-2H3,(H,16,17). The molecule has 7 nitrogen and oxygen atoms in total. The molecule has 0 saturated carbocycles. The number of carbonyl (C=O) groups is 3. The van der Waals surface area contributed by atoms with E-state index in [2.05, 4.69) is 0 Å². The third-order valence-corrected chi connectivity index (χ3v) is 3.21. The third-order valence-electron chi connectivity index (χ3n) is 3.21. The first-order valence-corrected chi connectivity index (χ1v) is 6.19. The molecule has 108 valence electrons. The molecule has 0 radical (unpaired) electrons. The highest BCUT2D eigenvalue weighted by Crippen LogP contribution is 2.19. The smallest absolute Gasteiger partial charge is 0.323 e. The molecule has 1 fully saturated rings. The summed E-state index contributed by atoms with van der Waals surface area (Å²) in [6.07, 6.45) is 0.725. The van der Waals surface area contributed by atoms with Crippen LogP contribution in [0.1, 0.15) is 12.8 Å². The molecule has 1 unspecified atom stereocenters. The highest BCUT2D eigenvalue weighted by molar-refractivity contribution is 5.88. The van der Waals surface area contributed by atoms with E-state index in [0.29, 0.717) is 13.0 Å². The molecule has 0 aromatic carbocycles. The Morgan fingerprint density at radius 2 is 2.21 bits per heavy atom. The average Bonchev–Trinajstić information content (AvgIpc) is 2.36. The van der Waals surface area contributed by atoms with Gasteiger partial charge in [-0.3, -0.25) is 14.4 Å². The summed E-state index contributed by atoms with van der Waals surface area (Å²) >= 11 is 0. The minimum absolute atomic E-state index is 0.0772. The van der Waals surface area contributed by atoms with Crippen molar-refractivity contribution in [1.29, 1.82) is 0 Å². The SMILES string of the molecule is COCCN(CC(=O)O)C(=O)C1CCN(C)C(=O)C1. The summed E-state index contributed by atoms with van der Waals surface area (Å²) in [6, 6.07) is 0. The Labute approximate surface area is 112 Å². The van der Waals surface area contributed by atoms with Crippen LogP contribution < -0.4 is 0 Å². The molecule has 1 aliphatic rings. The Bertz CT molecular complexity index is 358. The molecular formula is C12H20N2O5. The van der Waals surface area contributed by atoms with Crippen LogP contribution in [0.15, 0.2) is 0 Å². The molecule has 7 heteroatoms. The number of amides is 2. The number of carboxylic acids is 1. The molecule has 19 heavy (non-hydrogen) atoms. The quantitative estimate of drug-likeness (QED) is 0.698.